The Morgan fingerprint density at radius 2 is 2.42 bits per heavy atom. The summed E-state index contributed by atoms with van der Waals surface area (Å²) in [5.41, 5.74) is 0. The second-order valence-corrected chi connectivity index (χ2v) is 5.18. The van der Waals surface area contributed by atoms with Gasteiger partial charge in [0.2, 0.25) is 5.91 Å². The van der Waals surface area contributed by atoms with Gasteiger partial charge in [-0.1, -0.05) is 0 Å². The van der Waals surface area contributed by atoms with Gasteiger partial charge in [0.1, 0.15) is 0 Å². The molecule has 1 aliphatic rings. The Bertz CT molecular complexity index is 393. The zero-order chi connectivity index (χ0) is 13.7. The monoisotopic (exact) mass is 266 g/mol. The van der Waals surface area contributed by atoms with Crippen LogP contribution in [0.3, 0.4) is 0 Å². The molecule has 1 amide bonds. The van der Waals surface area contributed by atoms with E-state index in [1.54, 1.807) is 17.8 Å². The molecule has 6 heteroatoms. The number of rotatable bonds is 5. The molecule has 2 rings (SSSR count). The Morgan fingerprint density at radius 1 is 1.58 bits per heavy atom. The van der Waals surface area contributed by atoms with Crippen molar-refractivity contribution < 1.29 is 9.90 Å². The van der Waals surface area contributed by atoms with Crippen LogP contribution >= 0.6 is 0 Å². The first-order chi connectivity index (χ1) is 9.13. The molecule has 2 heterocycles. The third kappa shape index (κ3) is 4.65. The molecule has 0 unspecified atom stereocenters. The largest absolute Gasteiger partial charge is 0.390 e. The first kappa shape index (κ1) is 14.0. The number of aromatic nitrogens is 2. The number of aliphatic hydroxyl groups is 1. The molecule has 19 heavy (non-hydrogen) atoms. The lowest BCUT2D eigenvalue weighted by Gasteiger charge is -2.34. The summed E-state index contributed by atoms with van der Waals surface area (Å²) < 4.78 is 1.74. The highest BCUT2D eigenvalue weighted by Gasteiger charge is 2.22. The maximum Gasteiger partial charge on any atom is 0.217 e. The lowest BCUT2D eigenvalue weighted by Crippen LogP contribution is -2.49. The highest BCUT2D eigenvalue weighted by atomic mass is 16.3. The van der Waals surface area contributed by atoms with Crippen LogP contribution in [-0.2, 0) is 11.3 Å². The van der Waals surface area contributed by atoms with Crippen molar-refractivity contribution >= 4 is 5.91 Å². The third-order valence-electron chi connectivity index (χ3n) is 3.34. The summed E-state index contributed by atoms with van der Waals surface area (Å²) in [6, 6.07) is 2.06. The van der Waals surface area contributed by atoms with E-state index in [0.717, 1.165) is 25.9 Å². The topological polar surface area (TPSA) is 70.4 Å². The van der Waals surface area contributed by atoms with Crippen LogP contribution in [0.5, 0.6) is 0 Å². The van der Waals surface area contributed by atoms with Crippen molar-refractivity contribution in [3.05, 3.63) is 18.5 Å². The molecular weight excluding hydrogens is 244 g/mol. The van der Waals surface area contributed by atoms with Gasteiger partial charge in [0.25, 0.3) is 0 Å². The minimum absolute atomic E-state index is 0.0175. The van der Waals surface area contributed by atoms with Crippen molar-refractivity contribution in [1.29, 1.82) is 0 Å². The molecule has 0 aliphatic carbocycles. The molecule has 1 fully saturated rings. The molecular formula is C13H22N4O2. The molecule has 106 valence electrons. The molecule has 0 saturated carbocycles. The van der Waals surface area contributed by atoms with Crippen molar-refractivity contribution in [3.8, 4) is 0 Å². The number of hydrogen-bond donors (Lipinski definition) is 2. The number of amides is 1. The SMILES string of the molecule is CC(=O)N[C@H]1CCCN(C[C@H](O)Cn2cccn2)C1. The average Bonchev–Trinajstić information content (AvgIpc) is 2.81. The fourth-order valence-electron chi connectivity index (χ4n) is 2.61. The standard InChI is InChI=1S/C13H22N4O2/c1-11(18)15-12-4-2-6-16(8-12)9-13(19)10-17-7-3-5-14-17/h3,5,7,12-13,19H,2,4,6,8-10H2,1H3,(H,15,18)/t12-,13-/m0/s1. The van der Waals surface area contributed by atoms with Crippen molar-refractivity contribution in [2.75, 3.05) is 19.6 Å². The minimum Gasteiger partial charge on any atom is -0.390 e. The van der Waals surface area contributed by atoms with Crippen LogP contribution < -0.4 is 5.32 Å². The summed E-state index contributed by atoms with van der Waals surface area (Å²) in [7, 11) is 0. The number of nitrogens with one attached hydrogen (secondary N) is 1. The van der Waals surface area contributed by atoms with Gasteiger partial charge in [-0.25, -0.2) is 0 Å². The Kier molecular flexibility index (Phi) is 4.93. The van der Waals surface area contributed by atoms with Gasteiger partial charge < -0.3 is 10.4 Å². The number of likely N-dealkylation sites (tertiary alicyclic amines) is 1. The summed E-state index contributed by atoms with van der Waals surface area (Å²) in [5.74, 6) is 0.0175. The zero-order valence-electron chi connectivity index (χ0n) is 11.3. The number of carbonyl (C=O) groups excluding carboxylic acids is 1. The highest BCUT2D eigenvalue weighted by Crippen LogP contribution is 2.10. The van der Waals surface area contributed by atoms with Crippen LogP contribution in [0.25, 0.3) is 0 Å². The second-order valence-electron chi connectivity index (χ2n) is 5.18. The van der Waals surface area contributed by atoms with Crippen LogP contribution in [-0.4, -0.2) is 57.5 Å². The van der Waals surface area contributed by atoms with Crippen LogP contribution in [0.2, 0.25) is 0 Å². The first-order valence-corrected chi connectivity index (χ1v) is 6.78. The summed E-state index contributed by atoms with van der Waals surface area (Å²) in [5, 5.41) is 17.1. The first-order valence-electron chi connectivity index (χ1n) is 6.78. The van der Waals surface area contributed by atoms with E-state index in [1.807, 2.05) is 12.3 Å². The van der Waals surface area contributed by atoms with Gasteiger partial charge in [-0.3, -0.25) is 14.4 Å². The van der Waals surface area contributed by atoms with E-state index in [9.17, 15) is 9.90 Å². The number of aliphatic hydroxyl groups excluding tert-OH is 1. The summed E-state index contributed by atoms with van der Waals surface area (Å²) >= 11 is 0. The van der Waals surface area contributed by atoms with Gasteiger partial charge >= 0.3 is 0 Å². The molecule has 1 saturated heterocycles. The van der Waals surface area contributed by atoms with Gasteiger partial charge in [0.15, 0.2) is 0 Å². The molecule has 1 aromatic rings. The molecule has 2 atom stereocenters. The van der Waals surface area contributed by atoms with Gasteiger partial charge in [-0.2, -0.15) is 5.10 Å². The molecule has 2 N–H and O–H groups in total. The van der Waals surface area contributed by atoms with Crippen LogP contribution in [0, 0.1) is 0 Å². The second kappa shape index (κ2) is 6.68. The average molecular weight is 266 g/mol. The number of piperidine rings is 1. The Morgan fingerprint density at radius 3 is 3.11 bits per heavy atom. The van der Waals surface area contributed by atoms with E-state index in [2.05, 4.69) is 15.3 Å². The van der Waals surface area contributed by atoms with E-state index in [-0.39, 0.29) is 11.9 Å². The Labute approximate surface area is 113 Å². The normalized spacial score (nSPS) is 22.1. The third-order valence-corrected chi connectivity index (χ3v) is 3.34. The fraction of sp³-hybridized carbons (Fsp3) is 0.692. The van der Waals surface area contributed by atoms with Crippen molar-refractivity contribution in [3.63, 3.8) is 0 Å². The molecule has 6 nitrogen and oxygen atoms in total. The van der Waals surface area contributed by atoms with Crippen LogP contribution in [0.15, 0.2) is 18.5 Å². The van der Waals surface area contributed by atoms with E-state index in [1.165, 1.54) is 0 Å². The van der Waals surface area contributed by atoms with E-state index in [0.29, 0.717) is 13.1 Å². The van der Waals surface area contributed by atoms with Crippen molar-refractivity contribution in [1.82, 2.24) is 20.0 Å². The molecule has 0 aromatic carbocycles. The van der Waals surface area contributed by atoms with Crippen molar-refractivity contribution in [2.24, 2.45) is 0 Å². The summed E-state index contributed by atoms with van der Waals surface area (Å²) in [6.07, 6.45) is 5.20. The van der Waals surface area contributed by atoms with Crippen molar-refractivity contribution in [2.45, 2.75) is 38.5 Å². The minimum atomic E-state index is -0.434. The van der Waals surface area contributed by atoms with Gasteiger partial charge in [-0.05, 0) is 25.5 Å². The van der Waals surface area contributed by atoms with Gasteiger partial charge in [0, 0.05) is 38.4 Å². The van der Waals surface area contributed by atoms with E-state index >= 15 is 0 Å². The quantitative estimate of drug-likeness (QED) is 0.777. The van der Waals surface area contributed by atoms with Gasteiger partial charge in [-0.15, -0.1) is 0 Å². The molecule has 0 bridgehead atoms. The molecule has 0 spiro atoms. The highest BCUT2D eigenvalue weighted by molar-refractivity contribution is 5.73. The molecule has 0 radical (unpaired) electrons. The van der Waals surface area contributed by atoms with Gasteiger partial charge in [0.05, 0.1) is 12.6 Å². The Hall–Kier alpha value is -1.40. The molecule has 1 aliphatic heterocycles. The number of β-amino-alcohol motifs (C(OH)–C–C–N with tert-alkyl or cyclic N) is 1. The Balaban J connectivity index is 1.76. The fourth-order valence-corrected chi connectivity index (χ4v) is 2.61. The summed E-state index contributed by atoms with van der Waals surface area (Å²) in [6.45, 7) is 4.47. The smallest absolute Gasteiger partial charge is 0.217 e. The number of hydrogen-bond acceptors (Lipinski definition) is 4. The van der Waals surface area contributed by atoms with Crippen LogP contribution in [0.1, 0.15) is 19.8 Å². The summed E-state index contributed by atoms with van der Waals surface area (Å²) in [4.78, 5) is 13.3. The van der Waals surface area contributed by atoms with Crippen LogP contribution in [0.4, 0.5) is 0 Å². The van der Waals surface area contributed by atoms with E-state index in [4.69, 9.17) is 0 Å². The number of nitrogens with zero attached hydrogens (tertiary/aromatic N) is 3. The molecule has 1 aromatic heterocycles. The van der Waals surface area contributed by atoms with E-state index < -0.39 is 6.10 Å². The maximum absolute atomic E-state index is 11.1. The maximum atomic E-state index is 11.1. The predicted molar refractivity (Wildman–Crippen MR) is 71.5 cm³/mol. The lowest BCUT2D eigenvalue weighted by atomic mass is 10.1. The number of carbonyl (C=O) groups is 1. The zero-order valence-corrected chi connectivity index (χ0v) is 11.3. The predicted octanol–water partition coefficient (Wildman–Crippen LogP) is -0.155. The lowest BCUT2D eigenvalue weighted by molar-refractivity contribution is -0.120.